The van der Waals surface area contributed by atoms with Gasteiger partial charge in [0.15, 0.2) is 0 Å². The summed E-state index contributed by atoms with van der Waals surface area (Å²) in [5.41, 5.74) is 0. The van der Waals surface area contributed by atoms with Crippen LogP contribution >= 0.6 is 12.4 Å². The Morgan fingerprint density at radius 3 is 2.59 bits per heavy atom. The van der Waals surface area contributed by atoms with Crippen LogP contribution in [-0.2, 0) is 10.0 Å². The van der Waals surface area contributed by atoms with Crippen LogP contribution < -0.4 is 5.32 Å². The van der Waals surface area contributed by atoms with Crippen LogP contribution in [0, 0.1) is 5.92 Å². The third kappa shape index (κ3) is 4.09. The van der Waals surface area contributed by atoms with Crippen LogP contribution in [-0.4, -0.2) is 44.2 Å². The van der Waals surface area contributed by atoms with Crippen LogP contribution in [0.15, 0.2) is 0 Å². The van der Waals surface area contributed by atoms with E-state index in [1.165, 1.54) is 19.3 Å². The molecule has 2 rings (SSSR count). The number of piperazine rings is 1. The van der Waals surface area contributed by atoms with E-state index in [0.29, 0.717) is 24.8 Å². The Labute approximate surface area is 111 Å². The molecule has 4 nitrogen and oxygen atoms in total. The molecule has 1 heterocycles. The fourth-order valence-electron chi connectivity index (χ4n) is 2.38. The summed E-state index contributed by atoms with van der Waals surface area (Å²) in [4.78, 5) is 0. The Hall–Kier alpha value is 0.160. The van der Waals surface area contributed by atoms with Crippen LogP contribution in [0.5, 0.6) is 0 Å². The molecule has 0 unspecified atom stereocenters. The third-order valence-electron chi connectivity index (χ3n) is 3.73. The molecule has 1 N–H and O–H groups in total. The molecule has 102 valence electrons. The lowest BCUT2D eigenvalue weighted by Gasteiger charge is -2.32. The van der Waals surface area contributed by atoms with E-state index < -0.39 is 10.0 Å². The number of sulfonamides is 1. The molecule has 1 saturated heterocycles. The Bertz CT molecular complexity index is 330. The van der Waals surface area contributed by atoms with Gasteiger partial charge >= 0.3 is 0 Å². The summed E-state index contributed by atoms with van der Waals surface area (Å²) in [5, 5.41) is 3.27. The molecule has 1 aliphatic carbocycles. The first-order valence-corrected chi connectivity index (χ1v) is 7.90. The highest BCUT2D eigenvalue weighted by Gasteiger charge is 2.28. The molecule has 1 aliphatic heterocycles. The van der Waals surface area contributed by atoms with Crippen molar-refractivity contribution in [3.05, 3.63) is 0 Å². The molecule has 0 aromatic heterocycles. The average molecular weight is 283 g/mol. The molecular formula is C11H23ClN2O2S. The van der Waals surface area contributed by atoms with Gasteiger partial charge in [0.2, 0.25) is 10.0 Å². The maximum absolute atomic E-state index is 12.1. The summed E-state index contributed by atoms with van der Waals surface area (Å²) in [6, 6.07) is 0.284. The predicted molar refractivity (Wildman–Crippen MR) is 72.0 cm³/mol. The Kier molecular flexibility index (Phi) is 5.70. The number of hydrogen-bond donors (Lipinski definition) is 1. The molecule has 0 aromatic carbocycles. The standard InChI is InChI=1S/C11H22N2O2S.ClH/c1-10-9-13(7-6-12-10)16(14,15)8-5-11-3-2-4-11;/h10-12H,2-9H2,1H3;1H/t10-;/m0./s1. The number of nitrogens with one attached hydrogen (secondary N) is 1. The monoisotopic (exact) mass is 282 g/mol. The van der Waals surface area contributed by atoms with E-state index in [1.54, 1.807) is 4.31 Å². The van der Waals surface area contributed by atoms with Crippen LogP contribution in [0.4, 0.5) is 0 Å². The van der Waals surface area contributed by atoms with Gasteiger partial charge in [0.25, 0.3) is 0 Å². The van der Waals surface area contributed by atoms with Gasteiger partial charge in [-0.05, 0) is 19.3 Å². The highest BCUT2D eigenvalue weighted by Crippen LogP contribution is 2.30. The van der Waals surface area contributed by atoms with Crippen LogP contribution in [0.1, 0.15) is 32.6 Å². The van der Waals surface area contributed by atoms with Gasteiger partial charge in [-0.3, -0.25) is 0 Å². The molecule has 0 aromatic rings. The lowest BCUT2D eigenvalue weighted by molar-refractivity contribution is 0.293. The van der Waals surface area contributed by atoms with Crippen molar-refractivity contribution in [3.8, 4) is 0 Å². The highest BCUT2D eigenvalue weighted by atomic mass is 35.5. The van der Waals surface area contributed by atoms with E-state index in [9.17, 15) is 8.42 Å². The van der Waals surface area contributed by atoms with Gasteiger partial charge in [0.05, 0.1) is 5.75 Å². The quantitative estimate of drug-likeness (QED) is 0.844. The van der Waals surface area contributed by atoms with E-state index in [2.05, 4.69) is 5.32 Å². The number of hydrogen-bond acceptors (Lipinski definition) is 3. The van der Waals surface area contributed by atoms with E-state index in [4.69, 9.17) is 0 Å². The van der Waals surface area contributed by atoms with E-state index >= 15 is 0 Å². The maximum Gasteiger partial charge on any atom is 0.214 e. The van der Waals surface area contributed by atoms with Crippen LogP contribution in [0.3, 0.4) is 0 Å². The van der Waals surface area contributed by atoms with Gasteiger partial charge in [-0.2, -0.15) is 4.31 Å². The number of nitrogens with zero attached hydrogens (tertiary/aromatic N) is 1. The van der Waals surface area contributed by atoms with Gasteiger partial charge in [0.1, 0.15) is 0 Å². The van der Waals surface area contributed by atoms with E-state index in [-0.39, 0.29) is 18.4 Å². The van der Waals surface area contributed by atoms with Crippen LogP contribution in [0.25, 0.3) is 0 Å². The molecule has 2 aliphatic rings. The molecule has 17 heavy (non-hydrogen) atoms. The lowest BCUT2D eigenvalue weighted by Crippen LogP contribution is -2.51. The highest BCUT2D eigenvalue weighted by molar-refractivity contribution is 7.89. The van der Waals surface area contributed by atoms with Crippen molar-refractivity contribution in [1.82, 2.24) is 9.62 Å². The van der Waals surface area contributed by atoms with Crippen molar-refractivity contribution in [2.45, 2.75) is 38.6 Å². The Morgan fingerprint density at radius 2 is 2.06 bits per heavy atom. The number of halogens is 1. The Balaban J connectivity index is 0.00000144. The fraction of sp³-hybridized carbons (Fsp3) is 1.00. The average Bonchev–Trinajstić information content (AvgIpc) is 2.15. The zero-order chi connectivity index (χ0) is 11.6. The summed E-state index contributed by atoms with van der Waals surface area (Å²) >= 11 is 0. The largest absolute Gasteiger partial charge is 0.312 e. The summed E-state index contributed by atoms with van der Waals surface area (Å²) in [5.74, 6) is 1.03. The van der Waals surface area contributed by atoms with Gasteiger partial charge in [0, 0.05) is 25.7 Å². The van der Waals surface area contributed by atoms with Crippen molar-refractivity contribution >= 4 is 22.4 Å². The first-order valence-electron chi connectivity index (χ1n) is 6.29. The van der Waals surface area contributed by atoms with E-state index in [0.717, 1.165) is 13.0 Å². The molecular weight excluding hydrogens is 260 g/mol. The summed E-state index contributed by atoms with van der Waals surface area (Å²) < 4.78 is 25.8. The molecule has 0 radical (unpaired) electrons. The summed E-state index contributed by atoms with van der Waals surface area (Å²) in [6.45, 7) is 4.09. The minimum atomic E-state index is -2.99. The Morgan fingerprint density at radius 1 is 1.35 bits per heavy atom. The second-order valence-electron chi connectivity index (χ2n) is 5.11. The minimum Gasteiger partial charge on any atom is -0.312 e. The normalized spacial score (nSPS) is 27.2. The molecule has 0 bridgehead atoms. The molecule has 2 fully saturated rings. The van der Waals surface area contributed by atoms with Gasteiger partial charge in [-0.25, -0.2) is 8.42 Å². The predicted octanol–water partition coefficient (Wildman–Crippen LogP) is 1.22. The lowest BCUT2D eigenvalue weighted by atomic mass is 9.84. The van der Waals surface area contributed by atoms with Gasteiger partial charge < -0.3 is 5.32 Å². The smallest absolute Gasteiger partial charge is 0.214 e. The first kappa shape index (κ1) is 15.2. The van der Waals surface area contributed by atoms with Gasteiger partial charge in [-0.1, -0.05) is 19.3 Å². The molecule has 6 heteroatoms. The molecule has 1 saturated carbocycles. The first-order chi connectivity index (χ1) is 7.58. The SMILES string of the molecule is C[C@H]1CN(S(=O)(=O)CCC2CCC2)CCN1.Cl. The third-order valence-corrected chi connectivity index (χ3v) is 5.60. The van der Waals surface area contributed by atoms with E-state index in [1.807, 2.05) is 6.92 Å². The fourth-order valence-corrected chi connectivity index (χ4v) is 4.09. The van der Waals surface area contributed by atoms with Gasteiger partial charge in [-0.15, -0.1) is 12.4 Å². The maximum atomic E-state index is 12.1. The second kappa shape index (κ2) is 6.36. The molecule has 0 amide bonds. The van der Waals surface area contributed by atoms with Crippen molar-refractivity contribution in [2.24, 2.45) is 5.92 Å². The van der Waals surface area contributed by atoms with Crippen molar-refractivity contribution < 1.29 is 8.42 Å². The van der Waals surface area contributed by atoms with Crippen LogP contribution in [0.2, 0.25) is 0 Å². The van der Waals surface area contributed by atoms with Crippen molar-refractivity contribution in [2.75, 3.05) is 25.4 Å². The molecule has 0 spiro atoms. The zero-order valence-corrected chi connectivity index (χ0v) is 12.0. The van der Waals surface area contributed by atoms with Crippen molar-refractivity contribution in [3.63, 3.8) is 0 Å². The minimum absolute atomic E-state index is 0. The van der Waals surface area contributed by atoms with Crippen molar-refractivity contribution in [1.29, 1.82) is 0 Å². The summed E-state index contributed by atoms with van der Waals surface area (Å²) in [6.07, 6.45) is 4.61. The zero-order valence-electron chi connectivity index (χ0n) is 10.4. The number of rotatable bonds is 4. The summed E-state index contributed by atoms with van der Waals surface area (Å²) in [7, 11) is -2.99. The topological polar surface area (TPSA) is 49.4 Å². The second-order valence-corrected chi connectivity index (χ2v) is 7.20. The molecule has 1 atom stereocenters.